The van der Waals surface area contributed by atoms with Gasteiger partial charge in [-0.1, -0.05) is 37.5 Å². The van der Waals surface area contributed by atoms with Crippen LogP contribution in [0, 0.1) is 0 Å². The molecule has 3 rings (SSSR count). The highest BCUT2D eigenvalue weighted by Crippen LogP contribution is 2.31. The Bertz CT molecular complexity index is 469. The van der Waals surface area contributed by atoms with Crippen LogP contribution in [-0.4, -0.2) is 25.1 Å². The van der Waals surface area contributed by atoms with Gasteiger partial charge in [0.15, 0.2) is 0 Å². The van der Waals surface area contributed by atoms with Crippen LogP contribution in [-0.2, 0) is 4.79 Å². The van der Waals surface area contributed by atoms with Crippen molar-refractivity contribution in [2.75, 3.05) is 13.2 Å². The van der Waals surface area contributed by atoms with Crippen LogP contribution in [0.3, 0.4) is 0 Å². The maximum atomic E-state index is 12.0. The van der Waals surface area contributed by atoms with Gasteiger partial charge in [0.05, 0.1) is 12.6 Å². The van der Waals surface area contributed by atoms with E-state index in [-0.39, 0.29) is 11.9 Å². The molecule has 0 bridgehead atoms. The predicted octanol–water partition coefficient (Wildman–Crippen LogP) is 2.16. The van der Waals surface area contributed by atoms with Crippen LogP contribution in [0.4, 0.5) is 0 Å². The number of amides is 1. The van der Waals surface area contributed by atoms with Crippen molar-refractivity contribution in [3.63, 3.8) is 0 Å². The number of nitrogens with one attached hydrogen (secondary N) is 2. The van der Waals surface area contributed by atoms with Gasteiger partial charge in [0, 0.05) is 11.6 Å². The summed E-state index contributed by atoms with van der Waals surface area (Å²) in [5.41, 5.74) is 1.15. The molecule has 20 heavy (non-hydrogen) atoms. The molecule has 1 saturated carbocycles. The van der Waals surface area contributed by atoms with Crippen LogP contribution < -0.4 is 15.4 Å². The molecule has 1 aliphatic heterocycles. The fourth-order valence-corrected chi connectivity index (χ4v) is 3.07. The van der Waals surface area contributed by atoms with Crippen LogP contribution >= 0.6 is 0 Å². The molecule has 4 nitrogen and oxygen atoms in total. The number of para-hydroxylation sites is 1. The second-order valence-corrected chi connectivity index (χ2v) is 5.68. The number of ether oxygens (including phenoxy) is 1. The first-order chi connectivity index (χ1) is 9.83. The number of benzene rings is 1. The minimum absolute atomic E-state index is 0.0984. The van der Waals surface area contributed by atoms with Gasteiger partial charge in [0.2, 0.25) is 5.91 Å². The minimum atomic E-state index is 0.0984. The molecule has 1 fully saturated rings. The molecule has 1 heterocycles. The first-order valence-corrected chi connectivity index (χ1v) is 7.57. The molecule has 1 atom stereocenters. The molecule has 1 unspecified atom stereocenters. The Labute approximate surface area is 119 Å². The van der Waals surface area contributed by atoms with Crippen molar-refractivity contribution < 1.29 is 9.53 Å². The van der Waals surface area contributed by atoms with Crippen LogP contribution in [0.5, 0.6) is 5.75 Å². The summed E-state index contributed by atoms with van der Waals surface area (Å²) in [7, 11) is 0. The topological polar surface area (TPSA) is 50.4 Å². The quantitative estimate of drug-likeness (QED) is 0.884. The molecule has 4 heteroatoms. The smallest absolute Gasteiger partial charge is 0.234 e. The van der Waals surface area contributed by atoms with Gasteiger partial charge >= 0.3 is 0 Å². The van der Waals surface area contributed by atoms with E-state index in [4.69, 9.17) is 4.74 Å². The van der Waals surface area contributed by atoms with E-state index in [0.29, 0.717) is 19.2 Å². The van der Waals surface area contributed by atoms with Crippen LogP contribution in [0.2, 0.25) is 0 Å². The summed E-state index contributed by atoms with van der Waals surface area (Å²) in [5.74, 6) is 1.03. The third-order valence-electron chi connectivity index (χ3n) is 4.18. The Balaban J connectivity index is 1.46. The molecule has 1 amide bonds. The lowest BCUT2D eigenvalue weighted by molar-refractivity contribution is -0.121. The van der Waals surface area contributed by atoms with Crippen LogP contribution in [0.15, 0.2) is 24.3 Å². The predicted molar refractivity (Wildman–Crippen MR) is 77.7 cm³/mol. The number of carbonyl (C=O) groups excluding carboxylic acids is 1. The number of rotatable bonds is 4. The van der Waals surface area contributed by atoms with Gasteiger partial charge in [0.25, 0.3) is 0 Å². The molecule has 0 saturated heterocycles. The lowest BCUT2D eigenvalue weighted by Crippen LogP contribution is -2.42. The summed E-state index contributed by atoms with van der Waals surface area (Å²) < 4.78 is 5.60. The highest BCUT2D eigenvalue weighted by atomic mass is 16.5. The summed E-state index contributed by atoms with van der Waals surface area (Å²) >= 11 is 0. The van der Waals surface area contributed by atoms with Crippen molar-refractivity contribution in [2.24, 2.45) is 0 Å². The average molecular weight is 274 g/mol. The molecule has 108 valence electrons. The molecule has 1 aromatic rings. The van der Waals surface area contributed by atoms with E-state index in [1.807, 2.05) is 18.2 Å². The summed E-state index contributed by atoms with van der Waals surface area (Å²) in [6, 6.07) is 8.51. The SMILES string of the molecule is O=C(CNC1COc2ccccc21)NC1CCCCC1. The zero-order valence-corrected chi connectivity index (χ0v) is 11.7. The van der Waals surface area contributed by atoms with Crippen LogP contribution in [0.25, 0.3) is 0 Å². The number of carbonyl (C=O) groups is 1. The maximum absolute atomic E-state index is 12.0. The van der Waals surface area contributed by atoms with Gasteiger partial charge < -0.3 is 10.1 Å². The number of hydrogen-bond acceptors (Lipinski definition) is 3. The average Bonchev–Trinajstić information content (AvgIpc) is 2.89. The van der Waals surface area contributed by atoms with Gasteiger partial charge in [-0.3, -0.25) is 10.1 Å². The first-order valence-electron chi connectivity index (χ1n) is 7.57. The fraction of sp³-hybridized carbons (Fsp3) is 0.562. The first kappa shape index (κ1) is 13.4. The Morgan fingerprint density at radius 3 is 2.85 bits per heavy atom. The number of fused-ring (bicyclic) bond motifs is 1. The lowest BCUT2D eigenvalue weighted by atomic mass is 9.95. The van der Waals surface area contributed by atoms with E-state index in [1.165, 1.54) is 19.3 Å². The Hall–Kier alpha value is -1.55. The van der Waals surface area contributed by atoms with Crippen LogP contribution in [0.1, 0.15) is 43.7 Å². The van der Waals surface area contributed by atoms with E-state index in [1.54, 1.807) is 0 Å². The summed E-state index contributed by atoms with van der Waals surface area (Å²) in [6.45, 7) is 0.967. The maximum Gasteiger partial charge on any atom is 0.234 e. The van der Waals surface area contributed by atoms with Crippen molar-refractivity contribution in [2.45, 2.75) is 44.2 Å². The zero-order chi connectivity index (χ0) is 13.8. The minimum Gasteiger partial charge on any atom is -0.491 e. The monoisotopic (exact) mass is 274 g/mol. The molecule has 1 aromatic carbocycles. The zero-order valence-electron chi connectivity index (χ0n) is 11.7. The summed E-state index contributed by atoms with van der Waals surface area (Å²) in [6.07, 6.45) is 6.04. The van der Waals surface area contributed by atoms with Gasteiger partial charge in [0.1, 0.15) is 12.4 Å². The Morgan fingerprint density at radius 1 is 1.20 bits per heavy atom. The van der Waals surface area contributed by atoms with Gasteiger partial charge in [-0.2, -0.15) is 0 Å². The van der Waals surface area contributed by atoms with E-state index in [9.17, 15) is 4.79 Å². The van der Waals surface area contributed by atoms with Crippen molar-refractivity contribution in [3.05, 3.63) is 29.8 Å². The molecular formula is C16H22N2O2. The molecule has 1 aliphatic carbocycles. The highest BCUT2D eigenvalue weighted by molar-refractivity contribution is 5.78. The second kappa shape index (κ2) is 6.27. The Morgan fingerprint density at radius 2 is 2.00 bits per heavy atom. The van der Waals surface area contributed by atoms with Gasteiger partial charge in [-0.15, -0.1) is 0 Å². The van der Waals surface area contributed by atoms with Gasteiger partial charge in [-0.25, -0.2) is 0 Å². The highest BCUT2D eigenvalue weighted by Gasteiger charge is 2.24. The third-order valence-corrected chi connectivity index (χ3v) is 4.18. The lowest BCUT2D eigenvalue weighted by Gasteiger charge is -2.23. The van der Waals surface area contributed by atoms with Crippen molar-refractivity contribution in [1.29, 1.82) is 0 Å². The standard InChI is InChI=1S/C16H22N2O2/c19-16(18-12-6-2-1-3-7-12)10-17-14-11-20-15-9-5-4-8-13(14)15/h4-5,8-9,12,14,17H,1-3,6-7,10-11H2,(H,18,19). The molecule has 2 aliphatic rings. The molecule has 0 spiro atoms. The normalized spacial score (nSPS) is 22.1. The van der Waals surface area contributed by atoms with E-state index >= 15 is 0 Å². The molecule has 0 radical (unpaired) electrons. The summed E-state index contributed by atoms with van der Waals surface area (Å²) in [4.78, 5) is 12.0. The molecular weight excluding hydrogens is 252 g/mol. The van der Waals surface area contributed by atoms with Crippen molar-refractivity contribution >= 4 is 5.91 Å². The second-order valence-electron chi connectivity index (χ2n) is 5.68. The number of hydrogen-bond donors (Lipinski definition) is 2. The third kappa shape index (κ3) is 3.12. The van der Waals surface area contributed by atoms with E-state index in [2.05, 4.69) is 16.7 Å². The Kier molecular flexibility index (Phi) is 4.21. The summed E-state index contributed by atoms with van der Waals surface area (Å²) in [5, 5.41) is 6.41. The molecule has 2 N–H and O–H groups in total. The van der Waals surface area contributed by atoms with Crippen molar-refractivity contribution in [3.8, 4) is 5.75 Å². The fourth-order valence-electron chi connectivity index (χ4n) is 3.07. The van der Waals surface area contributed by atoms with E-state index < -0.39 is 0 Å². The largest absolute Gasteiger partial charge is 0.491 e. The van der Waals surface area contributed by atoms with E-state index in [0.717, 1.165) is 24.2 Å². The van der Waals surface area contributed by atoms with Gasteiger partial charge in [-0.05, 0) is 18.9 Å². The molecule has 0 aromatic heterocycles. The van der Waals surface area contributed by atoms with Crippen molar-refractivity contribution in [1.82, 2.24) is 10.6 Å².